The molecule has 10 heteroatoms. The molecule has 2 N–H and O–H groups in total. The van der Waals surface area contributed by atoms with E-state index in [2.05, 4.69) is 37.0 Å². The van der Waals surface area contributed by atoms with Crippen LogP contribution in [-0.2, 0) is 12.7 Å². The molecular formula is C29H27F3N6O. The fourth-order valence-electron chi connectivity index (χ4n) is 4.49. The normalized spacial score (nSPS) is 14.7. The molecule has 1 saturated heterocycles. The molecule has 0 radical (unpaired) electrons. The number of likely N-dealkylation sites (N-methyl/N-ethyl adjacent to an activating group) is 1. The molecule has 1 aliphatic rings. The molecular weight excluding hydrogens is 505 g/mol. The summed E-state index contributed by atoms with van der Waals surface area (Å²) in [6, 6.07) is 8.99. The van der Waals surface area contributed by atoms with Crippen molar-refractivity contribution in [1.29, 1.82) is 0 Å². The largest absolute Gasteiger partial charge is 0.416 e. The second-order valence-corrected chi connectivity index (χ2v) is 9.67. The average molecular weight is 533 g/mol. The minimum Gasteiger partial charge on any atom is -0.343 e. The van der Waals surface area contributed by atoms with E-state index in [0.29, 0.717) is 29.7 Å². The van der Waals surface area contributed by atoms with Crippen molar-refractivity contribution in [2.75, 3.05) is 38.5 Å². The van der Waals surface area contributed by atoms with Gasteiger partial charge in [0.1, 0.15) is 5.52 Å². The first-order chi connectivity index (χ1) is 18.7. The maximum atomic E-state index is 13.9. The fraction of sp³-hybridized carbons (Fsp3) is 0.276. The molecule has 39 heavy (non-hydrogen) atoms. The number of fused-ring (bicyclic) bond motifs is 1. The van der Waals surface area contributed by atoms with Crippen molar-refractivity contribution in [2.24, 2.45) is 0 Å². The second kappa shape index (κ2) is 10.9. The summed E-state index contributed by atoms with van der Waals surface area (Å²) in [6.07, 6.45) is 0.304. The number of piperazine rings is 1. The number of aromatic amines is 1. The fourth-order valence-corrected chi connectivity index (χ4v) is 4.49. The van der Waals surface area contributed by atoms with Gasteiger partial charge in [-0.15, -0.1) is 0 Å². The molecule has 0 atom stereocenters. The number of aromatic nitrogens is 3. The molecule has 3 heterocycles. The number of anilines is 1. The Labute approximate surface area is 224 Å². The highest BCUT2D eigenvalue weighted by Crippen LogP contribution is 2.34. The highest BCUT2D eigenvalue weighted by atomic mass is 19.4. The third-order valence-corrected chi connectivity index (χ3v) is 6.83. The van der Waals surface area contributed by atoms with E-state index < -0.39 is 17.6 Å². The van der Waals surface area contributed by atoms with Crippen LogP contribution in [0, 0.1) is 18.8 Å². The zero-order valence-corrected chi connectivity index (χ0v) is 21.6. The van der Waals surface area contributed by atoms with Gasteiger partial charge in [-0.05, 0) is 49.4 Å². The molecule has 0 unspecified atom stereocenters. The van der Waals surface area contributed by atoms with Crippen LogP contribution in [-0.4, -0.2) is 63.9 Å². The number of hydrogen-bond acceptors (Lipinski definition) is 5. The van der Waals surface area contributed by atoms with Gasteiger partial charge in [0.05, 0.1) is 29.2 Å². The standard InChI is InChI=1S/C29H27F3N6O/c1-19-3-4-21(13-20(19)5-6-22-15-33-16-26-27(22)35-18-34-26)28(39)36-24-8-7-23(25(14-24)29(30,31)32)17-38-11-9-37(2)10-12-38/h3-4,7-8,13-16,18H,9-12,17H2,1-2H3,(H,34,35)(H,36,39). The summed E-state index contributed by atoms with van der Waals surface area (Å²) in [7, 11) is 2.00. The summed E-state index contributed by atoms with van der Waals surface area (Å²) >= 11 is 0. The molecule has 1 aliphatic heterocycles. The SMILES string of the molecule is Cc1ccc(C(=O)Nc2ccc(CN3CCN(C)CC3)c(C(F)(F)F)c2)cc1C#Cc1cncc2[nH]cnc12. The van der Waals surface area contributed by atoms with E-state index in [-0.39, 0.29) is 23.4 Å². The van der Waals surface area contributed by atoms with Crippen LogP contribution in [0.15, 0.2) is 55.1 Å². The molecule has 1 amide bonds. The summed E-state index contributed by atoms with van der Waals surface area (Å²) in [5.41, 5.74) is 3.40. The molecule has 2 aromatic carbocycles. The molecule has 5 rings (SSSR count). The van der Waals surface area contributed by atoms with Gasteiger partial charge in [-0.2, -0.15) is 13.2 Å². The number of nitrogens with zero attached hydrogens (tertiary/aromatic N) is 4. The van der Waals surface area contributed by atoms with Gasteiger partial charge < -0.3 is 15.2 Å². The number of amides is 1. The number of benzene rings is 2. The zero-order chi connectivity index (χ0) is 27.6. The Balaban J connectivity index is 1.35. The van der Waals surface area contributed by atoms with E-state index in [1.54, 1.807) is 36.9 Å². The van der Waals surface area contributed by atoms with Crippen molar-refractivity contribution in [2.45, 2.75) is 19.6 Å². The van der Waals surface area contributed by atoms with Crippen LogP contribution in [0.1, 0.15) is 38.2 Å². The van der Waals surface area contributed by atoms with E-state index in [1.807, 2.05) is 18.9 Å². The van der Waals surface area contributed by atoms with Crippen LogP contribution < -0.4 is 5.32 Å². The van der Waals surface area contributed by atoms with E-state index >= 15 is 0 Å². The zero-order valence-electron chi connectivity index (χ0n) is 21.6. The van der Waals surface area contributed by atoms with Crippen molar-refractivity contribution >= 4 is 22.6 Å². The topological polar surface area (TPSA) is 77.2 Å². The van der Waals surface area contributed by atoms with Crippen molar-refractivity contribution in [1.82, 2.24) is 24.8 Å². The van der Waals surface area contributed by atoms with Crippen LogP contribution in [0.2, 0.25) is 0 Å². The highest BCUT2D eigenvalue weighted by molar-refractivity contribution is 6.04. The number of carbonyl (C=O) groups excluding carboxylic acids is 1. The van der Waals surface area contributed by atoms with Crippen molar-refractivity contribution in [3.05, 3.63) is 88.5 Å². The van der Waals surface area contributed by atoms with Gasteiger partial charge in [0.15, 0.2) is 0 Å². The number of aryl methyl sites for hydroxylation is 1. The molecule has 2 aromatic heterocycles. The first-order valence-electron chi connectivity index (χ1n) is 12.5. The Bertz CT molecular complexity index is 1580. The van der Waals surface area contributed by atoms with Gasteiger partial charge in [0.25, 0.3) is 5.91 Å². The lowest BCUT2D eigenvalue weighted by Gasteiger charge is -2.33. The molecule has 4 aromatic rings. The Hall–Kier alpha value is -4.20. The summed E-state index contributed by atoms with van der Waals surface area (Å²) < 4.78 is 41.8. The number of hydrogen-bond donors (Lipinski definition) is 2. The summed E-state index contributed by atoms with van der Waals surface area (Å²) in [5.74, 6) is 5.60. The Morgan fingerprint density at radius 1 is 1.05 bits per heavy atom. The molecule has 0 spiro atoms. The lowest BCUT2D eigenvalue weighted by atomic mass is 10.0. The van der Waals surface area contributed by atoms with Crippen LogP contribution in [0.5, 0.6) is 0 Å². The van der Waals surface area contributed by atoms with Gasteiger partial charge >= 0.3 is 6.18 Å². The first kappa shape index (κ1) is 26.4. The smallest absolute Gasteiger partial charge is 0.343 e. The number of nitrogens with one attached hydrogen (secondary N) is 2. The van der Waals surface area contributed by atoms with E-state index in [9.17, 15) is 18.0 Å². The van der Waals surface area contributed by atoms with Crippen molar-refractivity contribution < 1.29 is 18.0 Å². The van der Waals surface area contributed by atoms with E-state index in [0.717, 1.165) is 30.2 Å². The minimum absolute atomic E-state index is 0.0824. The predicted molar refractivity (Wildman–Crippen MR) is 143 cm³/mol. The second-order valence-electron chi connectivity index (χ2n) is 9.67. The van der Waals surface area contributed by atoms with Gasteiger partial charge in [0.2, 0.25) is 0 Å². The third kappa shape index (κ3) is 6.11. The number of rotatable bonds is 4. The average Bonchev–Trinajstić information content (AvgIpc) is 3.39. The van der Waals surface area contributed by atoms with E-state index in [1.165, 1.54) is 12.1 Å². The number of H-pyrrole nitrogens is 1. The molecule has 1 fully saturated rings. The maximum Gasteiger partial charge on any atom is 0.416 e. The minimum atomic E-state index is -4.54. The number of imidazole rings is 1. The predicted octanol–water partition coefficient (Wildman–Crippen LogP) is 4.68. The highest BCUT2D eigenvalue weighted by Gasteiger charge is 2.34. The molecule has 0 saturated carbocycles. The number of halogens is 3. The van der Waals surface area contributed by atoms with Crippen LogP contribution >= 0.6 is 0 Å². The van der Waals surface area contributed by atoms with Crippen LogP contribution in [0.25, 0.3) is 11.0 Å². The van der Waals surface area contributed by atoms with Crippen LogP contribution in [0.3, 0.4) is 0 Å². The Kier molecular flexibility index (Phi) is 7.37. The van der Waals surface area contributed by atoms with Gasteiger partial charge in [-0.1, -0.05) is 24.0 Å². The molecule has 200 valence electrons. The van der Waals surface area contributed by atoms with Crippen LogP contribution in [0.4, 0.5) is 18.9 Å². The summed E-state index contributed by atoms with van der Waals surface area (Å²) in [4.78, 5) is 28.6. The monoisotopic (exact) mass is 532 g/mol. The summed E-state index contributed by atoms with van der Waals surface area (Å²) in [6.45, 7) is 5.12. The van der Waals surface area contributed by atoms with Gasteiger partial charge in [-0.3, -0.25) is 14.7 Å². The number of pyridine rings is 1. The van der Waals surface area contributed by atoms with Gasteiger partial charge in [0, 0.05) is 55.7 Å². The number of alkyl halides is 3. The lowest BCUT2D eigenvalue weighted by Crippen LogP contribution is -2.44. The first-order valence-corrected chi connectivity index (χ1v) is 12.5. The molecule has 0 bridgehead atoms. The Morgan fingerprint density at radius 2 is 1.82 bits per heavy atom. The van der Waals surface area contributed by atoms with Gasteiger partial charge in [-0.25, -0.2) is 4.98 Å². The number of carbonyl (C=O) groups is 1. The molecule has 0 aliphatic carbocycles. The maximum absolute atomic E-state index is 13.9. The lowest BCUT2D eigenvalue weighted by molar-refractivity contribution is -0.138. The van der Waals surface area contributed by atoms with Crippen molar-refractivity contribution in [3.63, 3.8) is 0 Å². The summed E-state index contributed by atoms with van der Waals surface area (Å²) in [5, 5.41) is 2.62. The van der Waals surface area contributed by atoms with E-state index in [4.69, 9.17) is 0 Å². The Morgan fingerprint density at radius 3 is 2.59 bits per heavy atom. The molecule has 7 nitrogen and oxygen atoms in total. The quantitative estimate of drug-likeness (QED) is 0.373. The van der Waals surface area contributed by atoms with Crippen molar-refractivity contribution in [3.8, 4) is 11.8 Å². The third-order valence-electron chi connectivity index (χ3n) is 6.83.